The molecule has 3 aromatic rings. The van der Waals surface area contributed by atoms with Crippen molar-refractivity contribution in [2.75, 3.05) is 19.0 Å². The molecule has 37 heavy (non-hydrogen) atoms. The zero-order chi connectivity index (χ0) is 26.4. The first-order valence-corrected chi connectivity index (χ1v) is 13.7. The number of carbonyl (C=O) groups is 2. The number of aromatic nitrogens is 2. The van der Waals surface area contributed by atoms with Crippen LogP contribution in [0.25, 0.3) is 0 Å². The highest BCUT2D eigenvalue weighted by molar-refractivity contribution is 7.89. The molecule has 1 aliphatic rings. The average Bonchev–Trinajstić information content (AvgIpc) is 2.92. The SMILES string of the molecule is CN(C)S(=O)(=O)c1ccc(N(C(=O)c2cnccn2)[C@@H](C(=O)NC2CCCCC2)c2ccccc2)cc1. The van der Waals surface area contributed by atoms with Gasteiger partial charge in [-0.25, -0.2) is 17.7 Å². The molecule has 0 unspecified atom stereocenters. The number of hydrogen-bond acceptors (Lipinski definition) is 6. The molecule has 9 nitrogen and oxygen atoms in total. The highest BCUT2D eigenvalue weighted by Gasteiger charge is 2.35. The van der Waals surface area contributed by atoms with Crippen molar-refractivity contribution in [2.45, 2.75) is 49.1 Å². The molecule has 1 heterocycles. The second kappa shape index (κ2) is 11.6. The van der Waals surface area contributed by atoms with Crippen molar-refractivity contribution in [1.29, 1.82) is 0 Å². The molecule has 0 aliphatic heterocycles. The van der Waals surface area contributed by atoms with E-state index in [0.29, 0.717) is 11.3 Å². The van der Waals surface area contributed by atoms with Crippen molar-refractivity contribution in [1.82, 2.24) is 19.6 Å². The molecule has 1 fully saturated rings. The molecule has 4 rings (SSSR count). The molecule has 1 saturated carbocycles. The number of anilines is 1. The van der Waals surface area contributed by atoms with Crippen LogP contribution in [-0.2, 0) is 14.8 Å². The van der Waals surface area contributed by atoms with Gasteiger partial charge >= 0.3 is 0 Å². The fourth-order valence-electron chi connectivity index (χ4n) is 4.49. The van der Waals surface area contributed by atoms with Gasteiger partial charge in [-0.1, -0.05) is 49.6 Å². The molecular weight excluding hydrogens is 490 g/mol. The van der Waals surface area contributed by atoms with E-state index in [0.717, 1.165) is 36.4 Å². The molecule has 2 amide bonds. The Bertz CT molecular complexity index is 1310. The summed E-state index contributed by atoms with van der Waals surface area (Å²) in [6.07, 6.45) is 9.25. The van der Waals surface area contributed by atoms with E-state index in [9.17, 15) is 18.0 Å². The summed E-state index contributed by atoms with van der Waals surface area (Å²) in [6, 6.07) is 14.0. The van der Waals surface area contributed by atoms with Crippen molar-refractivity contribution in [3.8, 4) is 0 Å². The van der Waals surface area contributed by atoms with E-state index in [1.54, 1.807) is 12.1 Å². The van der Waals surface area contributed by atoms with Gasteiger partial charge in [0.2, 0.25) is 15.9 Å². The Morgan fingerprint density at radius 3 is 2.22 bits per heavy atom. The van der Waals surface area contributed by atoms with Gasteiger partial charge < -0.3 is 5.32 Å². The van der Waals surface area contributed by atoms with E-state index < -0.39 is 22.0 Å². The summed E-state index contributed by atoms with van der Waals surface area (Å²) < 4.78 is 26.4. The van der Waals surface area contributed by atoms with Crippen molar-refractivity contribution < 1.29 is 18.0 Å². The second-order valence-electron chi connectivity index (χ2n) is 9.20. The van der Waals surface area contributed by atoms with Gasteiger partial charge in [0, 0.05) is 38.2 Å². The number of nitrogens with one attached hydrogen (secondary N) is 1. The van der Waals surface area contributed by atoms with Crippen LogP contribution in [0.3, 0.4) is 0 Å². The number of nitrogens with zero attached hydrogens (tertiary/aromatic N) is 4. The molecular formula is C27H31N5O4S. The molecule has 2 aromatic carbocycles. The maximum absolute atomic E-state index is 13.9. The number of hydrogen-bond donors (Lipinski definition) is 1. The van der Waals surface area contributed by atoms with Crippen LogP contribution < -0.4 is 10.2 Å². The summed E-state index contributed by atoms with van der Waals surface area (Å²) in [7, 11) is -0.766. The minimum atomic E-state index is -3.67. The number of carbonyl (C=O) groups excluding carboxylic acids is 2. The van der Waals surface area contributed by atoms with E-state index >= 15 is 0 Å². The fourth-order valence-corrected chi connectivity index (χ4v) is 5.39. The Kier molecular flexibility index (Phi) is 8.30. The van der Waals surface area contributed by atoms with E-state index in [2.05, 4.69) is 15.3 Å². The van der Waals surface area contributed by atoms with Gasteiger partial charge in [-0.05, 0) is 42.7 Å². The Labute approximate surface area is 217 Å². The fraction of sp³-hybridized carbons (Fsp3) is 0.333. The molecule has 1 aliphatic carbocycles. The Morgan fingerprint density at radius 2 is 1.62 bits per heavy atom. The minimum Gasteiger partial charge on any atom is -0.351 e. The normalized spacial score (nSPS) is 15.2. The third-order valence-corrected chi connectivity index (χ3v) is 8.30. The zero-order valence-corrected chi connectivity index (χ0v) is 21.8. The molecule has 1 aromatic heterocycles. The predicted molar refractivity (Wildman–Crippen MR) is 140 cm³/mol. The van der Waals surface area contributed by atoms with Crippen LogP contribution in [0, 0.1) is 0 Å². The summed E-state index contributed by atoms with van der Waals surface area (Å²) in [5.41, 5.74) is 1.05. The number of sulfonamides is 1. The minimum absolute atomic E-state index is 0.0357. The van der Waals surface area contributed by atoms with E-state index in [1.165, 1.54) is 61.9 Å². The van der Waals surface area contributed by atoms with Crippen LogP contribution in [0.15, 0.2) is 78.1 Å². The molecule has 0 spiro atoms. The molecule has 10 heteroatoms. The first kappa shape index (κ1) is 26.4. The lowest BCUT2D eigenvalue weighted by Crippen LogP contribution is -2.47. The van der Waals surface area contributed by atoms with Crippen molar-refractivity contribution >= 4 is 27.5 Å². The van der Waals surface area contributed by atoms with Crippen LogP contribution in [0.2, 0.25) is 0 Å². The van der Waals surface area contributed by atoms with Gasteiger partial charge in [-0.15, -0.1) is 0 Å². The molecule has 0 radical (unpaired) electrons. The van der Waals surface area contributed by atoms with Crippen LogP contribution in [0.5, 0.6) is 0 Å². The van der Waals surface area contributed by atoms with E-state index in [1.807, 2.05) is 18.2 Å². The van der Waals surface area contributed by atoms with E-state index in [4.69, 9.17) is 0 Å². The van der Waals surface area contributed by atoms with Crippen LogP contribution >= 0.6 is 0 Å². The average molecular weight is 522 g/mol. The largest absolute Gasteiger partial charge is 0.351 e. The molecule has 0 saturated heterocycles. The van der Waals surface area contributed by atoms with Gasteiger partial charge in [-0.2, -0.15) is 0 Å². The first-order valence-electron chi connectivity index (χ1n) is 12.3. The molecule has 194 valence electrons. The summed E-state index contributed by atoms with van der Waals surface area (Å²) in [4.78, 5) is 37.3. The second-order valence-corrected chi connectivity index (χ2v) is 11.4. The quantitative estimate of drug-likeness (QED) is 0.485. The van der Waals surface area contributed by atoms with Gasteiger partial charge in [0.1, 0.15) is 11.7 Å². The van der Waals surface area contributed by atoms with Crippen molar-refractivity contribution in [2.24, 2.45) is 0 Å². The van der Waals surface area contributed by atoms with Gasteiger partial charge in [0.25, 0.3) is 5.91 Å². The Hall–Kier alpha value is -3.63. The Morgan fingerprint density at radius 1 is 0.946 bits per heavy atom. The van der Waals surface area contributed by atoms with Crippen LogP contribution in [-0.4, -0.2) is 54.6 Å². The maximum Gasteiger partial charge on any atom is 0.279 e. The smallest absolute Gasteiger partial charge is 0.279 e. The van der Waals surface area contributed by atoms with E-state index in [-0.39, 0.29) is 22.5 Å². The van der Waals surface area contributed by atoms with Gasteiger partial charge in [-0.3, -0.25) is 19.5 Å². The topological polar surface area (TPSA) is 113 Å². The number of amides is 2. The third kappa shape index (κ3) is 6.03. The maximum atomic E-state index is 13.9. The number of benzene rings is 2. The highest BCUT2D eigenvalue weighted by Crippen LogP contribution is 2.31. The predicted octanol–water partition coefficient (Wildman–Crippen LogP) is 3.56. The first-order chi connectivity index (χ1) is 17.8. The number of rotatable bonds is 8. The van der Waals surface area contributed by atoms with Crippen molar-refractivity contribution in [3.63, 3.8) is 0 Å². The van der Waals surface area contributed by atoms with Crippen LogP contribution in [0.4, 0.5) is 5.69 Å². The summed E-state index contributed by atoms with van der Waals surface area (Å²) >= 11 is 0. The monoisotopic (exact) mass is 521 g/mol. The lowest BCUT2D eigenvalue weighted by molar-refractivity contribution is -0.123. The lowest BCUT2D eigenvalue weighted by Gasteiger charge is -2.33. The summed E-state index contributed by atoms with van der Waals surface area (Å²) in [5.74, 6) is -0.829. The third-order valence-electron chi connectivity index (χ3n) is 6.47. The molecule has 0 bridgehead atoms. The molecule has 1 N–H and O–H groups in total. The van der Waals surface area contributed by atoms with Gasteiger partial charge in [0.05, 0.1) is 11.1 Å². The lowest BCUT2D eigenvalue weighted by atomic mass is 9.94. The summed E-state index contributed by atoms with van der Waals surface area (Å²) in [6.45, 7) is 0. The van der Waals surface area contributed by atoms with Gasteiger partial charge in [0.15, 0.2) is 0 Å². The highest BCUT2D eigenvalue weighted by atomic mass is 32.2. The van der Waals surface area contributed by atoms with Crippen molar-refractivity contribution in [3.05, 3.63) is 84.4 Å². The zero-order valence-electron chi connectivity index (χ0n) is 20.9. The molecule has 1 atom stereocenters. The standard InChI is InChI=1S/C27H31N5O4S/c1-31(2)37(35,36)23-15-13-22(14-16-23)32(27(34)24-19-28-17-18-29-24)25(20-9-5-3-6-10-20)26(33)30-21-11-7-4-8-12-21/h3,5-6,9-10,13-19,21,25H,4,7-8,11-12H2,1-2H3,(H,30,33)/t25-/m1/s1. The van der Waals surface area contributed by atoms with Crippen LogP contribution in [0.1, 0.15) is 54.2 Å². The Balaban J connectivity index is 1.80. The summed E-state index contributed by atoms with van der Waals surface area (Å²) in [5, 5.41) is 3.15.